The summed E-state index contributed by atoms with van der Waals surface area (Å²) >= 11 is 0. The van der Waals surface area contributed by atoms with Crippen molar-refractivity contribution in [2.24, 2.45) is 12.8 Å². The lowest BCUT2D eigenvalue weighted by molar-refractivity contribution is -0.122. The first kappa shape index (κ1) is 60.3. The highest BCUT2D eigenvalue weighted by Gasteiger charge is 2.35. The summed E-state index contributed by atoms with van der Waals surface area (Å²) in [5, 5.41) is 20.0. The maximum absolute atomic E-state index is 13.0. The zero-order valence-electron chi connectivity index (χ0n) is 46.3. The van der Waals surface area contributed by atoms with E-state index in [4.69, 9.17) is 10.5 Å². The van der Waals surface area contributed by atoms with Crippen LogP contribution in [0, 0.1) is 0 Å². The molecule has 2 aliphatic rings. The fourth-order valence-corrected chi connectivity index (χ4v) is 11.0. The van der Waals surface area contributed by atoms with Gasteiger partial charge in [0.15, 0.2) is 11.6 Å². The number of aldehydes is 1. The number of nitrogens with zero attached hydrogens (tertiary/aromatic N) is 9. The minimum atomic E-state index is -0.678. The van der Waals surface area contributed by atoms with Crippen LogP contribution in [0.1, 0.15) is 82.6 Å². The van der Waals surface area contributed by atoms with Crippen LogP contribution in [-0.2, 0) is 28.0 Å². The minimum Gasteiger partial charge on any atom is -0.494 e. The lowest BCUT2D eigenvalue weighted by atomic mass is 10.1. The van der Waals surface area contributed by atoms with Gasteiger partial charge in [0.05, 0.1) is 41.2 Å². The highest BCUT2D eigenvalue weighted by atomic mass is 33.1. The first-order chi connectivity index (χ1) is 39.0. The third-order valence-electron chi connectivity index (χ3n) is 13.4. The summed E-state index contributed by atoms with van der Waals surface area (Å²) in [7, 11) is 10.3. The molecular weight excluding hydrogens is 1070 g/mol. The topological polar surface area (TPSA) is 277 Å². The van der Waals surface area contributed by atoms with E-state index in [2.05, 4.69) is 95.0 Å². The van der Waals surface area contributed by atoms with Crippen molar-refractivity contribution in [1.29, 1.82) is 0 Å². The normalized spacial score (nSPS) is 13.9. The number of amides is 5. The highest BCUT2D eigenvalue weighted by Crippen LogP contribution is 2.42. The minimum absolute atomic E-state index is 0.0494. The molecule has 2 aromatic carbocycles. The molecule has 0 saturated carbocycles. The van der Waals surface area contributed by atoms with Crippen LogP contribution in [-0.4, -0.2) is 146 Å². The number of nitrogens with one attached hydrogen (secondary N) is 5. The summed E-state index contributed by atoms with van der Waals surface area (Å²) < 4.78 is 7.17. The van der Waals surface area contributed by atoms with E-state index in [1.54, 1.807) is 88.1 Å². The lowest BCUT2D eigenvalue weighted by Gasteiger charge is -2.35. The van der Waals surface area contributed by atoms with Crippen LogP contribution in [0.25, 0.3) is 11.4 Å². The number of rotatable bonds is 25. The van der Waals surface area contributed by atoms with E-state index in [0.29, 0.717) is 90.0 Å². The molecule has 2 atom stereocenters. The Morgan fingerprint density at radius 1 is 0.864 bits per heavy atom. The van der Waals surface area contributed by atoms with E-state index in [1.807, 2.05) is 42.5 Å². The second kappa shape index (κ2) is 28.7. The number of primary amides is 1. The number of aryl methyl sites for hydroxylation is 1. The number of piperazine rings is 1. The predicted molar refractivity (Wildman–Crippen MR) is 316 cm³/mol. The molecule has 81 heavy (non-hydrogen) atoms. The monoisotopic (exact) mass is 1140 g/mol. The Morgan fingerprint density at radius 2 is 1.63 bits per heavy atom. The van der Waals surface area contributed by atoms with Crippen LogP contribution < -0.4 is 42.0 Å². The molecule has 6 heterocycles. The number of carbonyl (C=O) groups is 6. The molecule has 0 spiro atoms. The van der Waals surface area contributed by atoms with Gasteiger partial charge in [-0.15, -0.1) is 6.58 Å². The smallest absolute Gasteiger partial charge is 0.255 e. The average Bonchev–Trinajstić information content (AvgIpc) is 4.15. The van der Waals surface area contributed by atoms with Gasteiger partial charge in [-0.3, -0.25) is 28.7 Å². The third kappa shape index (κ3) is 16.6. The number of anilines is 5. The number of likely N-dealkylation sites (N-methyl/N-ethyl adjacent to an activating group) is 1. The second-order valence-electron chi connectivity index (χ2n) is 19.8. The van der Waals surface area contributed by atoms with Crippen molar-refractivity contribution >= 4 is 86.1 Å². The molecule has 6 aromatic rings. The standard InChI is InChI=1S/C38H43N11O4S2.C19H26N4O3/c1-6-25(16-19-40-32(50)15-17-38(2,3)55-54-33-12-7-8-18-41-33)45-37(52)24-13-14-30(42-21-24)47-31-20-29(27(22-43-31)35(39)51)46-28-11-9-10-26(34(28)53-5)36-44-23-49(4)48-36;1-20-18(25)7-6-14(13-24)23-12-16-15(19(23)26)4-3-5-17(16)22-10-8-21(2)9-11-22/h6-14,18,20-23,25H,1,15-17,19H2,2-5H3,(H2,39,51)(H,40,50)(H,45,52)(H2,42,43,46,47);3-5,13-14H,6-12H2,1-2H3,(H,20,25). The Balaban J connectivity index is 0.000000302. The van der Waals surface area contributed by atoms with Crippen molar-refractivity contribution in [3.63, 3.8) is 0 Å². The van der Waals surface area contributed by atoms with E-state index in [0.717, 1.165) is 48.7 Å². The predicted octanol–water partition coefficient (Wildman–Crippen LogP) is 6.54. The molecule has 1 fully saturated rings. The van der Waals surface area contributed by atoms with Crippen molar-refractivity contribution in [3.8, 4) is 17.1 Å². The number of carbonyl (C=O) groups excluding carboxylic acids is 6. The first-order valence-corrected chi connectivity index (χ1v) is 28.5. The Labute approximate surface area is 479 Å². The molecule has 5 amide bonds. The molecule has 2 unspecified atom stereocenters. The first-order valence-electron chi connectivity index (χ1n) is 26.3. The maximum Gasteiger partial charge on any atom is 0.255 e. The van der Waals surface area contributed by atoms with E-state index >= 15 is 0 Å². The van der Waals surface area contributed by atoms with Crippen LogP contribution in [0.15, 0.2) is 115 Å². The number of fused-ring (bicyclic) bond motifs is 1. The molecular formula is C57H69N15O7S2. The molecule has 4 aromatic heterocycles. The van der Waals surface area contributed by atoms with E-state index in [9.17, 15) is 28.8 Å². The van der Waals surface area contributed by atoms with Gasteiger partial charge in [-0.25, -0.2) is 19.9 Å². The van der Waals surface area contributed by atoms with Crippen molar-refractivity contribution < 1.29 is 33.5 Å². The molecule has 0 bridgehead atoms. The summed E-state index contributed by atoms with van der Waals surface area (Å²) in [4.78, 5) is 97.4. The molecule has 24 heteroatoms. The molecule has 8 rings (SSSR count). The quantitative estimate of drug-likeness (QED) is 0.0202. The van der Waals surface area contributed by atoms with Crippen molar-refractivity contribution in [2.75, 3.05) is 69.5 Å². The van der Waals surface area contributed by atoms with Gasteiger partial charge in [-0.05, 0) is 99.5 Å². The Hall–Kier alpha value is -8.35. The number of benzene rings is 2. The highest BCUT2D eigenvalue weighted by molar-refractivity contribution is 8.77. The summed E-state index contributed by atoms with van der Waals surface area (Å²) in [5.41, 5.74) is 10.5. The zero-order valence-corrected chi connectivity index (χ0v) is 47.9. The van der Waals surface area contributed by atoms with Gasteiger partial charge in [0, 0.05) is 118 Å². The molecule has 7 N–H and O–H groups in total. The number of para-hydroxylation sites is 1. The number of hydrogen-bond acceptors (Lipinski definition) is 18. The van der Waals surface area contributed by atoms with Gasteiger partial charge in [-0.1, -0.05) is 35.1 Å². The Morgan fingerprint density at radius 3 is 2.30 bits per heavy atom. The Bertz CT molecular complexity index is 3170. The summed E-state index contributed by atoms with van der Waals surface area (Å²) in [5.74, 6) is 0.391. The molecule has 22 nitrogen and oxygen atoms in total. The van der Waals surface area contributed by atoms with Crippen LogP contribution in [0.4, 0.5) is 28.7 Å². The number of pyridine rings is 3. The number of ether oxygens (including phenoxy) is 1. The van der Waals surface area contributed by atoms with Gasteiger partial charge in [0.1, 0.15) is 29.3 Å². The summed E-state index contributed by atoms with van der Waals surface area (Å²) in [6.07, 6.45) is 10.7. The van der Waals surface area contributed by atoms with Crippen molar-refractivity contribution in [1.82, 2.24) is 55.5 Å². The third-order valence-corrected chi connectivity index (χ3v) is 16.7. The van der Waals surface area contributed by atoms with Gasteiger partial charge in [-0.2, -0.15) is 5.10 Å². The second-order valence-corrected chi connectivity index (χ2v) is 22.6. The van der Waals surface area contributed by atoms with Crippen LogP contribution >= 0.6 is 21.6 Å². The summed E-state index contributed by atoms with van der Waals surface area (Å²) in [6, 6.07) is 20.9. The van der Waals surface area contributed by atoms with Crippen LogP contribution in [0.3, 0.4) is 0 Å². The van der Waals surface area contributed by atoms with Crippen molar-refractivity contribution in [3.05, 3.63) is 133 Å². The largest absolute Gasteiger partial charge is 0.494 e. The lowest BCUT2D eigenvalue weighted by Crippen LogP contribution is -2.44. The maximum atomic E-state index is 13.0. The molecule has 1 saturated heterocycles. The van der Waals surface area contributed by atoms with E-state index < -0.39 is 11.9 Å². The van der Waals surface area contributed by atoms with Crippen molar-refractivity contribution in [2.45, 2.75) is 74.4 Å². The van der Waals surface area contributed by atoms with Crippen LogP contribution in [0.5, 0.6) is 5.75 Å². The van der Waals surface area contributed by atoms with Gasteiger partial charge >= 0.3 is 0 Å². The van der Waals surface area contributed by atoms with Gasteiger partial charge in [0.25, 0.3) is 17.7 Å². The molecule has 0 radical (unpaired) electrons. The van der Waals surface area contributed by atoms with E-state index in [1.165, 1.54) is 19.5 Å². The average molecular weight is 1140 g/mol. The number of hydrogen-bond donors (Lipinski definition) is 6. The van der Waals surface area contributed by atoms with E-state index in [-0.39, 0.29) is 46.4 Å². The number of aromatic nitrogens is 6. The van der Waals surface area contributed by atoms with Gasteiger partial charge in [0.2, 0.25) is 11.8 Å². The fourth-order valence-electron chi connectivity index (χ4n) is 8.81. The fraction of sp³-hybridized carbons (Fsp3) is 0.351. The SMILES string of the molecule is C=CC(CCNC(=O)CCC(C)(C)SSc1ccccn1)NC(=O)c1ccc(Nc2cc(Nc3cccc(-c4ncn(C)n4)c3OC)c(C(N)=O)cn2)nc1.CNC(=O)CCC(C=O)N1Cc2c(cccc2N2CCN(C)CC2)C1=O. The Kier molecular flexibility index (Phi) is 21.4. The summed E-state index contributed by atoms with van der Waals surface area (Å²) in [6.45, 7) is 12.7. The van der Waals surface area contributed by atoms with Crippen LogP contribution in [0.2, 0.25) is 0 Å². The molecule has 0 aliphatic carbocycles. The number of methoxy groups -OCH3 is 1. The zero-order chi connectivity index (χ0) is 58.1. The molecule has 2 aliphatic heterocycles. The molecule has 426 valence electrons. The number of nitrogens with two attached hydrogens (primary N) is 1. The van der Waals surface area contributed by atoms with Gasteiger partial charge < -0.3 is 56.5 Å².